The highest BCUT2D eigenvalue weighted by Crippen LogP contribution is 2.16. The largest absolute Gasteiger partial charge is 0.325 e. The van der Waals surface area contributed by atoms with Crippen molar-refractivity contribution in [3.05, 3.63) is 59.6 Å². The zero-order valence-electron chi connectivity index (χ0n) is 10.4. The van der Waals surface area contributed by atoms with E-state index >= 15 is 0 Å². The molecule has 0 aromatic heterocycles. The lowest BCUT2D eigenvalue weighted by atomic mass is 10.3. The minimum Gasteiger partial charge on any atom is -0.325 e. The van der Waals surface area contributed by atoms with Crippen LogP contribution in [0.5, 0.6) is 0 Å². The Hall–Kier alpha value is -1.85. The molecule has 0 saturated carbocycles. The van der Waals surface area contributed by atoms with Crippen molar-refractivity contribution in [2.24, 2.45) is 0 Å². The van der Waals surface area contributed by atoms with Crippen LogP contribution in [0.1, 0.15) is 0 Å². The third kappa shape index (κ3) is 3.82. The second kappa shape index (κ2) is 6.07. The molecular weight excluding hydrogens is 298 g/mol. The number of carbonyl (C=O) groups is 1. The van der Waals surface area contributed by atoms with Gasteiger partial charge in [-0.05, 0) is 30.3 Å². The molecule has 0 radical (unpaired) electrons. The van der Waals surface area contributed by atoms with E-state index in [0.29, 0.717) is 10.7 Å². The summed E-state index contributed by atoms with van der Waals surface area (Å²) in [5.41, 5.74) is 0.464. The summed E-state index contributed by atoms with van der Waals surface area (Å²) in [5, 5.41) is 2.97. The molecule has 20 heavy (non-hydrogen) atoms. The minimum atomic E-state index is -3.63. The van der Waals surface area contributed by atoms with Crippen molar-refractivity contribution in [1.29, 1.82) is 0 Å². The molecule has 0 heterocycles. The monoisotopic (exact) mass is 309 g/mol. The van der Waals surface area contributed by atoms with Crippen molar-refractivity contribution in [1.82, 2.24) is 0 Å². The predicted molar refractivity (Wildman–Crippen MR) is 78.6 cm³/mol. The van der Waals surface area contributed by atoms with E-state index in [1.54, 1.807) is 42.5 Å². The highest BCUT2D eigenvalue weighted by molar-refractivity contribution is 7.92. The normalized spacial score (nSPS) is 11.1. The van der Waals surface area contributed by atoms with Crippen molar-refractivity contribution in [3.8, 4) is 0 Å². The first kappa shape index (κ1) is 14.6. The van der Waals surface area contributed by atoms with E-state index in [1.165, 1.54) is 12.1 Å². The Balaban J connectivity index is 2.09. The zero-order chi connectivity index (χ0) is 14.6. The van der Waals surface area contributed by atoms with Gasteiger partial charge in [-0.3, -0.25) is 4.79 Å². The van der Waals surface area contributed by atoms with Crippen molar-refractivity contribution in [3.63, 3.8) is 0 Å². The van der Waals surface area contributed by atoms with Gasteiger partial charge < -0.3 is 5.32 Å². The second-order valence-electron chi connectivity index (χ2n) is 4.13. The third-order valence-corrected chi connectivity index (χ3v) is 4.40. The van der Waals surface area contributed by atoms with Crippen LogP contribution in [0, 0.1) is 0 Å². The molecule has 104 valence electrons. The highest BCUT2D eigenvalue weighted by Gasteiger charge is 2.18. The van der Waals surface area contributed by atoms with E-state index in [4.69, 9.17) is 11.6 Å². The van der Waals surface area contributed by atoms with Crippen LogP contribution in [0.2, 0.25) is 5.02 Å². The first-order valence-electron chi connectivity index (χ1n) is 5.80. The number of carbonyl (C=O) groups excluding carboxylic acids is 1. The fraction of sp³-hybridized carbons (Fsp3) is 0.0714. The maximum absolute atomic E-state index is 12.0. The second-order valence-corrected chi connectivity index (χ2v) is 6.56. The molecule has 2 rings (SSSR count). The Morgan fingerprint density at radius 1 is 1.05 bits per heavy atom. The first-order valence-corrected chi connectivity index (χ1v) is 7.84. The van der Waals surface area contributed by atoms with Gasteiger partial charge in [0.15, 0.2) is 9.84 Å². The average molecular weight is 310 g/mol. The summed E-state index contributed by atoms with van der Waals surface area (Å²) in [6.07, 6.45) is 0. The summed E-state index contributed by atoms with van der Waals surface area (Å²) >= 11 is 5.79. The molecule has 0 atom stereocenters. The Morgan fingerprint density at radius 3 is 2.40 bits per heavy atom. The van der Waals surface area contributed by atoms with Crippen LogP contribution in [0.15, 0.2) is 59.5 Å². The lowest BCUT2D eigenvalue weighted by Gasteiger charge is -2.06. The smallest absolute Gasteiger partial charge is 0.239 e. The first-order chi connectivity index (χ1) is 9.47. The van der Waals surface area contributed by atoms with Gasteiger partial charge in [0.05, 0.1) is 4.90 Å². The lowest BCUT2D eigenvalue weighted by Crippen LogP contribution is -2.22. The molecule has 4 nitrogen and oxygen atoms in total. The summed E-state index contributed by atoms with van der Waals surface area (Å²) in [6.45, 7) is 0. The molecule has 0 unspecified atom stereocenters. The Labute approximate surface area is 122 Å². The van der Waals surface area contributed by atoms with Gasteiger partial charge in [0.2, 0.25) is 5.91 Å². The summed E-state index contributed by atoms with van der Waals surface area (Å²) in [6, 6.07) is 14.4. The predicted octanol–water partition coefficient (Wildman–Crippen LogP) is 2.75. The lowest BCUT2D eigenvalue weighted by molar-refractivity contribution is -0.113. The van der Waals surface area contributed by atoms with Crippen LogP contribution in [-0.4, -0.2) is 20.1 Å². The van der Waals surface area contributed by atoms with Crippen LogP contribution >= 0.6 is 11.6 Å². The van der Waals surface area contributed by atoms with Crippen molar-refractivity contribution in [2.75, 3.05) is 11.1 Å². The number of benzene rings is 2. The molecule has 0 fully saturated rings. The number of anilines is 1. The van der Waals surface area contributed by atoms with Gasteiger partial charge in [-0.2, -0.15) is 0 Å². The van der Waals surface area contributed by atoms with Crippen LogP contribution < -0.4 is 5.32 Å². The quantitative estimate of drug-likeness (QED) is 0.944. The molecule has 0 aliphatic rings. The number of rotatable bonds is 4. The van der Waals surface area contributed by atoms with Gasteiger partial charge >= 0.3 is 0 Å². The molecular formula is C14H12ClNO3S. The third-order valence-electron chi connectivity index (χ3n) is 2.53. The van der Waals surface area contributed by atoms with Crippen molar-refractivity contribution >= 4 is 33.0 Å². The van der Waals surface area contributed by atoms with Crippen LogP contribution in [0.3, 0.4) is 0 Å². The van der Waals surface area contributed by atoms with Crippen LogP contribution in [0.4, 0.5) is 5.69 Å². The molecule has 2 aromatic carbocycles. The van der Waals surface area contributed by atoms with Gasteiger partial charge in [0, 0.05) is 10.7 Å². The SMILES string of the molecule is O=C(CS(=O)(=O)c1ccccc1)Nc1cccc(Cl)c1. The van der Waals surface area contributed by atoms with Crippen molar-refractivity contribution < 1.29 is 13.2 Å². The van der Waals surface area contributed by atoms with Gasteiger partial charge in [0.1, 0.15) is 5.75 Å². The molecule has 0 spiro atoms. The van der Waals surface area contributed by atoms with Crippen LogP contribution in [-0.2, 0) is 14.6 Å². The molecule has 0 aliphatic carbocycles. The fourth-order valence-corrected chi connectivity index (χ4v) is 2.99. The minimum absolute atomic E-state index is 0.126. The number of amides is 1. The van der Waals surface area contributed by atoms with E-state index in [2.05, 4.69) is 5.32 Å². The molecule has 0 aliphatic heterocycles. The maximum atomic E-state index is 12.0. The fourth-order valence-electron chi connectivity index (χ4n) is 1.65. The van der Waals surface area contributed by atoms with E-state index in [0.717, 1.165) is 0 Å². The summed E-state index contributed by atoms with van der Waals surface area (Å²) < 4.78 is 24.0. The Kier molecular flexibility index (Phi) is 4.42. The average Bonchev–Trinajstić information content (AvgIpc) is 2.39. The maximum Gasteiger partial charge on any atom is 0.239 e. The van der Waals surface area contributed by atoms with Gasteiger partial charge in [-0.25, -0.2) is 8.42 Å². The number of nitrogens with one attached hydrogen (secondary N) is 1. The van der Waals surface area contributed by atoms with E-state index in [9.17, 15) is 13.2 Å². The Morgan fingerprint density at radius 2 is 1.75 bits per heavy atom. The number of halogens is 1. The zero-order valence-corrected chi connectivity index (χ0v) is 12.0. The molecule has 6 heteroatoms. The molecule has 2 aromatic rings. The van der Waals surface area contributed by atoms with Gasteiger partial charge in [-0.15, -0.1) is 0 Å². The number of hydrogen-bond acceptors (Lipinski definition) is 3. The molecule has 0 bridgehead atoms. The summed E-state index contributed by atoms with van der Waals surface area (Å²) in [4.78, 5) is 11.9. The standard InChI is InChI=1S/C14H12ClNO3S/c15-11-5-4-6-12(9-11)16-14(17)10-20(18,19)13-7-2-1-3-8-13/h1-9H,10H2,(H,16,17). The molecule has 0 saturated heterocycles. The topological polar surface area (TPSA) is 63.2 Å². The van der Waals surface area contributed by atoms with Crippen molar-refractivity contribution in [2.45, 2.75) is 4.90 Å². The van der Waals surface area contributed by atoms with E-state index < -0.39 is 21.5 Å². The van der Waals surface area contributed by atoms with Gasteiger partial charge in [-0.1, -0.05) is 35.9 Å². The number of hydrogen-bond donors (Lipinski definition) is 1. The van der Waals surface area contributed by atoms with Gasteiger partial charge in [0.25, 0.3) is 0 Å². The highest BCUT2D eigenvalue weighted by atomic mass is 35.5. The van der Waals surface area contributed by atoms with E-state index in [-0.39, 0.29) is 4.90 Å². The number of sulfone groups is 1. The molecule has 1 amide bonds. The summed E-state index contributed by atoms with van der Waals surface area (Å²) in [5.74, 6) is -1.21. The summed E-state index contributed by atoms with van der Waals surface area (Å²) in [7, 11) is -3.63. The molecule has 1 N–H and O–H groups in total. The van der Waals surface area contributed by atoms with E-state index in [1.807, 2.05) is 0 Å². The Bertz CT molecular complexity index is 714. The van der Waals surface area contributed by atoms with Crippen LogP contribution in [0.25, 0.3) is 0 Å².